The summed E-state index contributed by atoms with van der Waals surface area (Å²) in [5.74, 6) is -0.00887. The number of carboxylic acids is 1. The van der Waals surface area contributed by atoms with E-state index in [1.54, 1.807) is 0 Å². The fourth-order valence-corrected chi connectivity index (χ4v) is 4.01. The topological polar surface area (TPSA) is 70.8 Å². The molecule has 1 aliphatic heterocycles. The number of fused-ring (bicyclic) bond motifs is 1. The second-order valence-electron chi connectivity index (χ2n) is 7.55. The molecule has 1 aliphatic rings. The largest absolute Gasteiger partial charge is 0.481 e. The van der Waals surface area contributed by atoms with Gasteiger partial charge in [0, 0.05) is 24.0 Å². The number of carboxylic acid groups (broad SMARTS) is 1. The first-order chi connectivity index (χ1) is 13.5. The fraction of sp³-hybridized carbons (Fsp3) is 0.304. The standard InChI is InChI=1S/C23H23NO4/c1-15-19-4-2-3-5-20(19)28-22(15)23(27)24-11-10-18(14-24)12-16-6-8-17(9-7-16)13-21(25)26/h2-9,18H,10-14H2,1H3,(H,25,26). The molecule has 0 spiro atoms. The van der Waals surface area contributed by atoms with E-state index in [4.69, 9.17) is 9.52 Å². The molecule has 2 heterocycles. The number of furan rings is 1. The Hall–Kier alpha value is -3.08. The predicted octanol–water partition coefficient (Wildman–Crippen LogP) is 4.07. The molecule has 144 valence electrons. The zero-order valence-electron chi connectivity index (χ0n) is 15.9. The molecule has 1 aromatic heterocycles. The van der Waals surface area contributed by atoms with Gasteiger partial charge in [0.05, 0.1) is 6.42 Å². The van der Waals surface area contributed by atoms with Gasteiger partial charge in [-0.3, -0.25) is 9.59 Å². The number of para-hydroxylation sites is 1. The van der Waals surface area contributed by atoms with Crippen molar-refractivity contribution in [3.63, 3.8) is 0 Å². The van der Waals surface area contributed by atoms with Gasteiger partial charge in [0.25, 0.3) is 5.91 Å². The van der Waals surface area contributed by atoms with Gasteiger partial charge >= 0.3 is 5.97 Å². The smallest absolute Gasteiger partial charge is 0.307 e. The van der Waals surface area contributed by atoms with Crippen LogP contribution < -0.4 is 0 Å². The lowest BCUT2D eigenvalue weighted by Crippen LogP contribution is -2.29. The summed E-state index contributed by atoms with van der Waals surface area (Å²) >= 11 is 0. The van der Waals surface area contributed by atoms with E-state index in [1.165, 1.54) is 5.56 Å². The van der Waals surface area contributed by atoms with Crippen molar-refractivity contribution in [3.05, 3.63) is 71.0 Å². The van der Waals surface area contributed by atoms with Crippen LogP contribution in [-0.2, 0) is 17.6 Å². The molecule has 1 fully saturated rings. The molecule has 1 saturated heterocycles. The molecular weight excluding hydrogens is 354 g/mol. The molecule has 5 heteroatoms. The van der Waals surface area contributed by atoms with Gasteiger partial charge in [0.1, 0.15) is 5.58 Å². The highest BCUT2D eigenvalue weighted by Crippen LogP contribution is 2.28. The second-order valence-corrected chi connectivity index (χ2v) is 7.55. The molecule has 1 unspecified atom stereocenters. The number of carbonyl (C=O) groups excluding carboxylic acids is 1. The van der Waals surface area contributed by atoms with Crippen LogP contribution in [0.15, 0.2) is 52.9 Å². The van der Waals surface area contributed by atoms with Crippen LogP contribution in [0, 0.1) is 12.8 Å². The molecule has 1 atom stereocenters. The Morgan fingerprint density at radius 2 is 1.82 bits per heavy atom. The van der Waals surface area contributed by atoms with E-state index >= 15 is 0 Å². The van der Waals surface area contributed by atoms with E-state index < -0.39 is 5.97 Å². The first-order valence-electron chi connectivity index (χ1n) is 9.58. The maximum absolute atomic E-state index is 13.0. The van der Waals surface area contributed by atoms with Crippen LogP contribution in [0.2, 0.25) is 0 Å². The Labute approximate surface area is 163 Å². The van der Waals surface area contributed by atoms with Crippen molar-refractivity contribution < 1.29 is 19.1 Å². The van der Waals surface area contributed by atoms with E-state index in [0.717, 1.165) is 41.5 Å². The predicted molar refractivity (Wildman–Crippen MR) is 106 cm³/mol. The van der Waals surface area contributed by atoms with Crippen molar-refractivity contribution >= 4 is 22.8 Å². The number of hydrogen-bond donors (Lipinski definition) is 1. The molecule has 5 nitrogen and oxygen atoms in total. The van der Waals surface area contributed by atoms with Crippen LogP contribution in [-0.4, -0.2) is 35.0 Å². The van der Waals surface area contributed by atoms with E-state index in [-0.39, 0.29) is 12.3 Å². The number of benzene rings is 2. The lowest BCUT2D eigenvalue weighted by Gasteiger charge is -2.16. The highest BCUT2D eigenvalue weighted by molar-refractivity contribution is 5.99. The Morgan fingerprint density at radius 3 is 2.54 bits per heavy atom. The summed E-state index contributed by atoms with van der Waals surface area (Å²) in [5, 5.41) is 9.85. The van der Waals surface area contributed by atoms with Crippen LogP contribution in [0.5, 0.6) is 0 Å². The van der Waals surface area contributed by atoms with Crippen LogP contribution in [0.4, 0.5) is 0 Å². The molecule has 4 rings (SSSR count). The zero-order chi connectivity index (χ0) is 19.7. The highest BCUT2D eigenvalue weighted by atomic mass is 16.4. The quantitative estimate of drug-likeness (QED) is 0.727. The Kier molecular flexibility index (Phi) is 4.90. The number of rotatable bonds is 5. The maximum atomic E-state index is 13.0. The van der Waals surface area contributed by atoms with Crippen LogP contribution >= 0.6 is 0 Å². The van der Waals surface area contributed by atoms with Crippen molar-refractivity contribution in [1.82, 2.24) is 4.90 Å². The second kappa shape index (κ2) is 7.50. The first-order valence-corrected chi connectivity index (χ1v) is 9.58. The van der Waals surface area contributed by atoms with E-state index in [0.29, 0.717) is 18.2 Å². The average molecular weight is 377 g/mol. The summed E-state index contributed by atoms with van der Waals surface area (Å²) in [5.41, 5.74) is 3.63. The minimum Gasteiger partial charge on any atom is -0.481 e. The molecule has 28 heavy (non-hydrogen) atoms. The number of nitrogens with zero attached hydrogens (tertiary/aromatic N) is 1. The Morgan fingerprint density at radius 1 is 1.11 bits per heavy atom. The summed E-state index contributed by atoms with van der Waals surface area (Å²) in [7, 11) is 0. The number of hydrogen-bond acceptors (Lipinski definition) is 3. The van der Waals surface area contributed by atoms with Crippen LogP contribution in [0.3, 0.4) is 0 Å². The third kappa shape index (κ3) is 3.65. The third-order valence-electron chi connectivity index (χ3n) is 5.51. The Balaban J connectivity index is 1.41. The third-order valence-corrected chi connectivity index (χ3v) is 5.51. The van der Waals surface area contributed by atoms with Gasteiger partial charge in [-0.2, -0.15) is 0 Å². The normalized spacial score (nSPS) is 16.6. The van der Waals surface area contributed by atoms with E-state index in [9.17, 15) is 9.59 Å². The highest BCUT2D eigenvalue weighted by Gasteiger charge is 2.30. The average Bonchev–Trinajstić information content (AvgIpc) is 3.28. The number of aryl methyl sites for hydroxylation is 1. The molecule has 0 saturated carbocycles. The van der Waals surface area contributed by atoms with Gasteiger partial charge in [-0.1, -0.05) is 42.5 Å². The summed E-state index contributed by atoms with van der Waals surface area (Å²) in [6, 6.07) is 15.5. The van der Waals surface area contributed by atoms with Gasteiger partial charge in [0.15, 0.2) is 5.76 Å². The molecule has 1 amide bonds. The molecule has 1 N–H and O–H groups in total. The summed E-state index contributed by atoms with van der Waals surface area (Å²) in [4.78, 5) is 25.6. The van der Waals surface area contributed by atoms with Gasteiger partial charge in [-0.05, 0) is 42.9 Å². The maximum Gasteiger partial charge on any atom is 0.307 e. The SMILES string of the molecule is Cc1c(C(=O)N2CCC(Cc3ccc(CC(=O)O)cc3)C2)oc2ccccc12. The lowest BCUT2D eigenvalue weighted by molar-refractivity contribution is -0.136. The zero-order valence-corrected chi connectivity index (χ0v) is 15.9. The van der Waals surface area contributed by atoms with Gasteiger partial charge in [-0.25, -0.2) is 0 Å². The van der Waals surface area contributed by atoms with E-state index in [2.05, 4.69) is 0 Å². The number of amides is 1. The molecule has 3 aromatic rings. The van der Waals surface area contributed by atoms with Gasteiger partial charge in [-0.15, -0.1) is 0 Å². The van der Waals surface area contributed by atoms with Crippen molar-refractivity contribution in [2.45, 2.75) is 26.2 Å². The molecule has 0 aliphatic carbocycles. The van der Waals surface area contributed by atoms with Crippen molar-refractivity contribution in [2.75, 3.05) is 13.1 Å². The van der Waals surface area contributed by atoms with Crippen molar-refractivity contribution in [1.29, 1.82) is 0 Å². The van der Waals surface area contributed by atoms with Crippen molar-refractivity contribution in [2.24, 2.45) is 5.92 Å². The van der Waals surface area contributed by atoms with Gasteiger partial charge in [0.2, 0.25) is 0 Å². The Bertz CT molecular complexity index is 1020. The molecule has 0 bridgehead atoms. The summed E-state index contributed by atoms with van der Waals surface area (Å²) in [6.07, 6.45) is 1.89. The summed E-state index contributed by atoms with van der Waals surface area (Å²) in [6.45, 7) is 3.38. The molecule has 0 radical (unpaired) electrons. The summed E-state index contributed by atoms with van der Waals surface area (Å²) < 4.78 is 5.83. The first kappa shape index (κ1) is 18.3. The minimum absolute atomic E-state index is 0.0343. The molecular formula is C23H23NO4. The minimum atomic E-state index is -0.821. The monoisotopic (exact) mass is 377 g/mol. The van der Waals surface area contributed by atoms with Crippen LogP contribution in [0.25, 0.3) is 11.0 Å². The number of aliphatic carboxylic acids is 1. The molecule has 2 aromatic carbocycles. The van der Waals surface area contributed by atoms with Crippen LogP contribution in [0.1, 0.15) is 33.7 Å². The lowest BCUT2D eigenvalue weighted by atomic mass is 9.97. The van der Waals surface area contributed by atoms with Gasteiger partial charge < -0.3 is 14.4 Å². The number of likely N-dealkylation sites (tertiary alicyclic amines) is 1. The van der Waals surface area contributed by atoms with Crippen molar-refractivity contribution in [3.8, 4) is 0 Å². The van der Waals surface area contributed by atoms with E-state index in [1.807, 2.05) is 60.4 Å². The fourth-order valence-electron chi connectivity index (χ4n) is 4.01. The number of carbonyl (C=O) groups is 2.